The molecule has 0 aromatic carbocycles. The van der Waals surface area contributed by atoms with E-state index in [0.717, 1.165) is 4.88 Å². The number of rotatable bonds is 6. The molecule has 0 saturated carbocycles. The van der Waals surface area contributed by atoms with E-state index in [0.29, 0.717) is 6.54 Å². The van der Waals surface area contributed by atoms with E-state index in [-0.39, 0.29) is 18.8 Å². The van der Waals surface area contributed by atoms with Crippen molar-refractivity contribution in [3.8, 4) is 0 Å². The Hall–Kier alpha value is -0.950. The van der Waals surface area contributed by atoms with Gasteiger partial charge in [0, 0.05) is 16.8 Å². The Labute approximate surface area is 97.4 Å². The first kappa shape index (κ1) is 13.1. The van der Waals surface area contributed by atoms with Gasteiger partial charge in [0.15, 0.2) is 0 Å². The van der Waals surface area contributed by atoms with Crippen LogP contribution in [-0.2, 0) is 6.54 Å². The van der Waals surface area contributed by atoms with E-state index in [4.69, 9.17) is 15.3 Å². The van der Waals surface area contributed by atoms with E-state index < -0.39 is 11.5 Å². The molecule has 1 aromatic rings. The molecule has 0 amide bonds. The Bertz CT molecular complexity index is 359. The quantitative estimate of drug-likeness (QED) is 0.578. The van der Waals surface area contributed by atoms with Crippen molar-refractivity contribution < 1.29 is 20.1 Å². The van der Waals surface area contributed by atoms with Crippen molar-refractivity contribution >= 4 is 17.3 Å². The van der Waals surface area contributed by atoms with Crippen LogP contribution in [0.3, 0.4) is 0 Å². The number of hydrogen-bond donors (Lipinski definition) is 4. The number of hydrogen-bond acceptors (Lipinski definition) is 5. The molecule has 4 N–H and O–H groups in total. The number of thiophene rings is 1. The monoisotopic (exact) mass is 245 g/mol. The highest BCUT2D eigenvalue weighted by atomic mass is 32.1. The molecule has 0 atom stereocenters. The highest BCUT2D eigenvalue weighted by Crippen LogP contribution is 2.15. The van der Waals surface area contributed by atoms with E-state index in [1.54, 1.807) is 18.4 Å². The van der Waals surface area contributed by atoms with Crippen molar-refractivity contribution in [2.24, 2.45) is 0 Å². The summed E-state index contributed by atoms with van der Waals surface area (Å²) in [6.07, 6.45) is 0. The molecule has 90 valence electrons. The van der Waals surface area contributed by atoms with E-state index >= 15 is 0 Å². The topological polar surface area (TPSA) is 89.8 Å². The molecule has 0 radical (unpaired) electrons. The van der Waals surface area contributed by atoms with Crippen LogP contribution < -0.4 is 5.32 Å². The van der Waals surface area contributed by atoms with Crippen LogP contribution >= 0.6 is 11.3 Å². The first-order valence-corrected chi connectivity index (χ1v) is 5.66. The van der Waals surface area contributed by atoms with E-state index in [1.807, 2.05) is 0 Å². The molecule has 0 spiro atoms. The van der Waals surface area contributed by atoms with Crippen molar-refractivity contribution in [1.29, 1.82) is 0 Å². The molecule has 1 heterocycles. The SMILES string of the molecule is CC(CO)(CO)NCc1cc(C(=O)O)cs1. The predicted octanol–water partition coefficient (Wildman–Crippen LogP) is 0.279. The predicted molar refractivity (Wildman–Crippen MR) is 60.7 cm³/mol. The molecule has 5 nitrogen and oxygen atoms in total. The lowest BCUT2D eigenvalue weighted by Crippen LogP contribution is -2.48. The lowest BCUT2D eigenvalue weighted by Gasteiger charge is -2.25. The summed E-state index contributed by atoms with van der Waals surface area (Å²) in [7, 11) is 0. The molecular weight excluding hydrogens is 230 g/mol. The summed E-state index contributed by atoms with van der Waals surface area (Å²) in [6.45, 7) is 1.76. The number of nitrogens with one attached hydrogen (secondary N) is 1. The van der Waals surface area contributed by atoms with E-state index in [9.17, 15) is 4.79 Å². The first-order valence-electron chi connectivity index (χ1n) is 4.78. The fourth-order valence-electron chi connectivity index (χ4n) is 1.05. The molecule has 0 aliphatic rings. The second kappa shape index (κ2) is 5.40. The maximum absolute atomic E-state index is 10.6. The van der Waals surface area contributed by atoms with Gasteiger partial charge in [-0.15, -0.1) is 11.3 Å². The van der Waals surface area contributed by atoms with Crippen molar-refractivity contribution in [2.75, 3.05) is 13.2 Å². The third-order valence-corrected chi connectivity index (χ3v) is 3.22. The molecule has 0 unspecified atom stereocenters. The zero-order valence-corrected chi connectivity index (χ0v) is 9.75. The summed E-state index contributed by atoms with van der Waals surface area (Å²) in [5, 5.41) is 31.4. The van der Waals surface area contributed by atoms with Crippen LogP contribution in [0.1, 0.15) is 22.2 Å². The number of carboxylic acid groups (broad SMARTS) is 1. The number of carbonyl (C=O) groups is 1. The Balaban J connectivity index is 2.57. The minimum Gasteiger partial charge on any atom is -0.478 e. The summed E-state index contributed by atoms with van der Waals surface area (Å²) in [6, 6.07) is 1.58. The van der Waals surface area contributed by atoms with Crippen molar-refractivity contribution in [3.63, 3.8) is 0 Å². The minimum atomic E-state index is -0.949. The van der Waals surface area contributed by atoms with Gasteiger partial charge in [-0.05, 0) is 13.0 Å². The van der Waals surface area contributed by atoms with Gasteiger partial charge in [0.2, 0.25) is 0 Å². The third kappa shape index (κ3) is 3.28. The summed E-state index contributed by atoms with van der Waals surface area (Å²) >= 11 is 1.33. The third-order valence-electron chi connectivity index (χ3n) is 2.29. The molecule has 6 heteroatoms. The van der Waals surface area contributed by atoms with Gasteiger partial charge in [-0.25, -0.2) is 4.79 Å². The molecule has 16 heavy (non-hydrogen) atoms. The molecular formula is C10H15NO4S. The van der Waals surface area contributed by atoms with Gasteiger partial charge in [-0.1, -0.05) is 0 Å². The lowest BCUT2D eigenvalue weighted by molar-refractivity contribution is 0.0697. The smallest absolute Gasteiger partial charge is 0.336 e. The fourth-order valence-corrected chi connectivity index (χ4v) is 1.85. The van der Waals surface area contributed by atoms with Crippen LogP contribution in [0.4, 0.5) is 0 Å². The average Bonchev–Trinajstić information content (AvgIpc) is 2.75. The summed E-state index contributed by atoms with van der Waals surface area (Å²) in [5.41, 5.74) is -0.482. The van der Waals surface area contributed by atoms with Gasteiger partial charge in [0.05, 0.1) is 24.3 Å². The standard InChI is InChI=1S/C10H15NO4S/c1-10(5-12,6-13)11-3-8-2-7(4-16-8)9(14)15/h2,4,11-13H,3,5-6H2,1H3,(H,14,15). The zero-order chi connectivity index (χ0) is 12.2. The Morgan fingerprint density at radius 3 is 2.56 bits per heavy atom. The van der Waals surface area contributed by atoms with Gasteiger partial charge in [0.25, 0.3) is 0 Å². The highest BCUT2D eigenvalue weighted by Gasteiger charge is 2.21. The molecule has 0 saturated heterocycles. The molecule has 0 fully saturated rings. The zero-order valence-electron chi connectivity index (χ0n) is 8.93. The largest absolute Gasteiger partial charge is 0.478 e. The van der Waals surface area contributed by atoms with Crippen molar-refractivity contribution in [1.82, 2.24) is 5.32 Å². The van der Waals surface area contributed by atoms with E-state index in [2.05, 4.69) is 5.32 Å². The van der Waals surface area contributed by atoms with Crippen LogP contribution in [0.5, 0.6) is 0 Å². The van der Waals surface area contributed by atoms with Crippen molar-refractivity contribution in [2.45, 2.75) is 19.0 Å². The fraction of sp³-hybridized carbons (Fsp3) is 0.500. The number of aliphatic hydroxyl groups excluding tert-OH is 2. The van der Waals surface area contributed by atoms with Crippen LogP contribution in [0.15, 0.2) is 11.4 Å². The first-order chi connectivity index (χ1) is 7.50. The van der Waals surface area contributed by atoms with E-state index in [1.165, 1.54) is 11.3 Å². The van der Waals surface area contributed by atoms with Gasteiger partial charge >= 0.3 is 5.97 Å². The number of aliphatic hydroxyl groups is 2. The van der Waals surface area contributed by atoms with Crippen LogP contribution in [0, 0.1) is 0 Å². The maximum Gasteiger partial charge on any atom is 0.336 e. The normalized spacial score (nSPS) is 11.7. The Morgan fingerprint density at radius 1 is 1.50 bits per heavy atom. The van der Waals surface area contributed by atoms with Crippen LogP contribution in [-0.4, -0.2) is 40.0 Å². The second-order valence-electron chi connectivity index (χ2n) is 3.84. The van der Waals surface area contributed by atoms with Gasteiger partial charge < -0.3 is 20.6 Å². The summed E-state index contributed by atoms with van der Waals surface area (Å²) in [4.78, 5) is 11.5. The van der Waals surface area contributed by atoms with Crippen LogP contribution in [0.2, 0.25) is 0 Å². The number of aromatic carboxylic acids is 1. The Kier molecular flexibility index (Phi) is 4.43. The maximum atomic E-state index is 10.6. The van der Waals surface area contributed by atoms with Crippen LogP contribution in [0.25, 0.3) is 0 Å². The summed E-state index contributed by atoms with van der Waals surface area (Å²) in [5.74, 6) is -0.949. The highest BCUT2D eigenvalue weighted by molar-refractivity contribution is 7.10. The molecule has 1 aromatic heterocycles. The molecule has 1 rings (SSSR count). The average molecular weight is 245 g/mol. The molecule has 0 aliphatic carbocycles. The van der Waals surface area contributed by atoms with Gasteiger partial charge in [0.1, 0.15) is 0 Å². The molecule has 0 aliphatic heterocycles. The minimum absolute atomic E-state index is 0.180. The lowest BCUT2D eigenvalue weighted by atomic mass is 10.1. The number of carboxylic acids is 1. The summed E-state index contributed by atoms with van der Waals surface area (Å²) < 4.78 is 0. The Morgan fingerprint density at radius 2 is 2.12 bits per heavy atom. The van der Waals surface area contributed by atoms with Gasteiger partial charge in [-0.3, -0.25) is 0 Å². The van der Waals surface area contributed by atoms with Crippen molar-refractivity contribution in [3.05, 3.63) is 21.9 Å². The second-order valence-corrected chi connectivity index (χ2v) is 4.83. The molecule has 0 bridgehead atoms. The van der Waals surface area contributed by atoms with Gasteiger partial charge in [-0.2, -0.15) is 0 Å².